The van der Waals surface area contributed by atoms with Crippen molar-refractivity contribution in [2.45, 2.75) is 54.4 Å². The molecule has 0 saturated heterocycles. The van der Waals surface area contributed by atoms with Crippen LogP contribution in [0.25, 0.3) is 5.57 Å². The number of allylic oxidation sites excluding steroid dienone is 2. The van der Waals surface area contributed by atoms with E-state index in [1.165, 1.54) is 61.4 Å². The van der Waals surface area contributed by atoms with Crippen molar-refractivity contribution in [1.29, 1.82) is 0 Å². The van der Waals surface area contributed by atoms with Gasteiger partial charge in [-0.2, -0.15) is 0 Å². The maximum absolute atomic E-state index is 6.46. The lowest BCUT2D eigenvalue weighted by molar-refractivity contribution is -0.302. The highest BCUT2D eigenvalue weighted by Crippen LogP contribution is 2.37. The van der Waals surface area contributed by atoms with Crippen molar-refractivity contribution in [1.82, 2.24) is 4.98 Å². The van der Waals surface area contributed by atoms with Gasteiger partial charge in [-0.1, -0.05) is 78.9 Å². The third kappa shape index (κ3) is 4.62. The van der Waals surface area contributed by atoms with Crippen molar-refractivity contribution in [2.24, 2.45) is 0 Å². The van der Waals surface area contributed by atoms with Gasteiger partial charge in [0.2, 0.25) is 0 Å². The number of rotatable bonds is 2. The van der Waals surface area contributed by atoms with Crippen LogP contribution >= 0.6 is 0 Å². The first-order valence-electron chi connectivity index (χ1n) is 13.4. The number of benzene rings is 3. The van der Waals surface area contributed by atoms with Gasteiger partial charge in [-0.3, -0.25) is 4.49 Å². The quantitative estimate of drug-likeness (QED) is 0.241. The van der Waals surface area contributed by atoms with Crippen molar-refractivity contribution in [3.05, 3.63) is 146 Å². The van der Waals surface area contributed by atoms with E-state index < -0.39 is 0 Å². The van der Waals surface area contributed by atoms with Crippen molar-refractivity contribution >= 4 is 19.3 Å². The molecule has 2 nitrogen and oxygen atoms in total. The molecule has 1 aliphatic heterocycles. The summed E-state index contributed by atoms with van der Waals surface area (Å²) in [6.07, 6.45) is 2.21. The minimum absolute atomic E-state index is 1.08. The first-order chi connectivity index (χ1) is 18.3. The Balaban J connectivity index is 0.000000177. The fourth-order valence-electron chi connectivity index (χ4n) is 5.60. The van der Waals surface area contributed by atoms with E-state index in [0.29, 0.717) is 0 Å². The Kier molecular flexibility index (Phi) is 7.12. The number of hydrogen-bond donors (Lipinski definition) is 1. The Bertz CT molecular complexity index is 1500. The largest absolute Gasteiger partial charge is 0.587 e. The third-order valence-corrected chi connectivity index (χ3v) is 8.42. The first kappa shape index (κ1) is 25.8. The highest BCUT2D eigenvalue weighted by atomic mass is 15.0. The van der Waals surface area contributed by atoms with Crippen molar-refractivity contribution < 1.29 is 4.49 Å². The van der Waals surface area contributed by atoms with Crippen LogP contribution in [-0.2, 0) is 12.8 Å². The molecule has 0 amide bonds. The molecule has 38 heavy (non-hydrogen) atoms. The monoisotopic (exact) mass is 495 g/mol. The summed E-state index contributed by atoms with van der Waals surface area (Å²) < 4.78 is 1.83. The fourth-order valence-corrected chi connectivity index (χ4v) is 5.60. The molecule has 0 unspecified atom stereocenters. The van der Waals surface area contributed by atoms with Gasteiger partial charge in [-0.25, -0.2) is 0 Å². The molecule has 3 heteroatoms. The Morgan fingerprint density at radius 1 is 0.632 bits per heavy atom. The van der Waals surface area contributed by atoms with E-state index in [2.05, 4.69) is 119 Å². The first-order valence-corrected chi connectivity index (χ1v) is 13.4. The molecule has 3 aromatic carbocycles. The average Bonchev–Trinajstić information content (AvgIpc) is 3.30. The Morgan fingerprint density at radius 2 is 1.11 bits per heavy atom. The van der Waals surface area contributed by atoms with Crippen LogP contribution in [0.1, 0.15) is 71.1 Å². The number of aryl methyl sites for hydroxylation is 1. The van der Waals surface area contributed by atoms with E-state index in [4.69, 9.17) is 7.98 Å². The van der Waals surface area contributed by atoms with Crippen molar-refractivity contribution in [3.8, 4) is 0 Å². The van der Waals surface area contributed by atoms with Crippen LogP contribution in [0.5, 0.6) is 0 Å². The summed E-state index contributed by atoms with van der Waals surface area (Å²) in [5.74, 6) is 0. The van der Waals surface area contributed by atoms with Crippen LogP contribution < -0.4 is 0 Å². The lowest BCUT2D eigenvalue weighted by atomic mass is 9.86. The summed E-state index contributed by atoms with van der Waals surface area (Å²) in [7, 11) is 6.46. The number of hydrogen-bond acceptors (Lipinski definition) is 0. The number of fused-ring (bicyclic) bond motifs is 2. The van der Waals surface area contributed by atoms with Gasteiger partial charge in [0.25, 0.3) is 0 Å². The average molecular weight is 495 g/mol. The van der Waals surface area contributed by atoms with E-state index in [9.17, 15) is 0 Å². The van der Waals surface area contributed by atoms with E-state index in [-0.39, 0.29) is 0 Å². The fraction of sp³-hybridized carbons (Fsp3) is 0.229. The number of nitrogens with zero attached hydrogens (tertiary/aromatic N) is 1. The van der Waals surface area contributed by atoms with Crippen LogP contribution in [0.3, 0.4) is 0 Å². The second-order valence-corrected chi connectivity index (χ2v) is 10.6. The smallest absolute Gasteiger partial charge is 0.358 e. The Hall–Kier alpha value is -3.85. The molecular weight excluding hydrogens is 459 g/mol. The number of aromatic amines is 1. The highest BCUT2D eigenvalue weighted by Gasteiger charge is 2.32. The summed E-state index contributed by atoms with van der Waals surface area (Å²) in [6, 6.07) is 28.0. The molecule has 4 aromatic rings. The maximum Gasteiger partial charge on any atom is 0.587 e. The van der Waals surface area contributed by atoms with Crippen LogP contribution in [0.15, 0.2) is 95.7 Å². The molecule has 1 aliphatic carbocycles. The molecule has 0 spiro atoms. The molecule has 2 radical (unpaired) electrons. The lowest BCUT2D eigenvalue weighted by Gasteiger charge is -2.18. The second kappa shape index (κ2) is 10.5. The molecule has 1 aromatic heterocycles. The molecule has 0 atom stereocenters. The van der Waals surface area contributed by atoms with Crippen molar-refractivity contribution in [2.75, 3.05) is 0 Å². The normalized spacial score (nSPS) is 15.6. The molecule has 188 valence electrons. The molecule has 0 bridgehead atoms. The summed E-state index contributed by atoms with van der Waals surface area (Å²) in [6.45, 7) is 12.8. The number of aromatic nitrogens is 1. The SMILES string of the molecule is [B][N+]1=C(C)C(C)=C(C)/C1=C(\c1ccccc1)c1[nH]c(C)c(C)c1C.c1ccc2c(c1)Cc1ccccc1C2. The van der Waals surface area contributed by atoms with E-state index in [0.717, 1.165) is 29.9 Å². The number of nitrogens with one attached hydrogen (secondary N) is 1. The van der Waals surface area contributed by atoms with Crippen molar-refractivity contribution in [3.63, 3.8) is 0 Å². The Labute approximate surface area is 228 Å². The second-order valence-electron chi connectivity index (χ2n) is 10.6. The van der Waals surface area contributed by atoms with Crippen LogP contribution in [0.4, 0.5) is 0 Å². The Morgan fingerprint density at radius 3 is 1.50 bits per heavy atom. The van der Waals surface area contributed by atoms with Crippen LogP contribution in [-0.4, -0.2) is 23.2 Å². The zero-order chi connectivity index (χ0) is 27.0. The molecule has 0 saturated carbocycles. The standard InChI is InChI=1S/C21H24BN2.C14H12/c1-12-14(3)20(23-16(12)5)19(18-10-8-7-9-11-18)21-15(4)13(2)17(6)24(21)22;1-2-6-12-10-14-8-4-3-7-13(14)9-11(12)5-1/h7-11,23H,1-6H3;1-8H,9-10H2/q+1;. The van der Waals surface area contributed by atoms with Gasteiger partial charge >= 0.3 is 7.98 Å². The zero-order valence-corrected chi connectivity index (χ0v) is 23.4. The van der Waals surface area contributed by atoms with Gasteiger partial charge < -0.3 is 4.98 Å². The zero-order valence-electron chi connectivity index (χ0n) is 23.4. The maximum atomic E-state index is 6.46. The lowest BCUT2D eigenvalue weighted by Crippen LogP contribution is -2.12. The summed E-state index contributed by atoms with van der Waals surface area (Å²) in [5.41, 5.74) is 17.9. The molecule has 6 rings (SSSR count). The predicted molar refractivity (Wildman–Crippen MR) is 161 cm³/mol. The van der Waals surface area contributed by atoms with E-state index >= 15 is 0 Å². The van der Waals surface area contributed by atoms with Crippen LogP contribution in [0, 0.1) is 20.8 Å². The molecular formula is C35H36BN2+. The van der Waals surface area contributed by atoms with Gasteiger partial charge in [0.1, 0.15) is 0 Å². The summed E-state index contributed by atoms with van der Waals surface area (Å²) in [4.78, 5) is 3.59. The summed E-state index contributed by atoms with van der Waals surface area (Å²) >= 11 is 0. The topological polar surface area (TPSA) is 18.8 Å². The van der Waals surface area contributed by atoms with Crippen LogP contribution in [0.2, 0.25) is 0 Å². The van der Waals surface area contributed by atoms with Gasteiger partial charge in [-0.05, 0) is 86.4 Å². The third-order valence-electron chi connectivity index (χ3n) is 8.42. The predicted octanol–water partition coefficient (Wildman–Crippen LogP) is 7.79. The van der Waals surface area contributed by atoms with E-state index in [1.54, 1.807) is 0 Å². The molecule has 0 fully saturated rings. The molecule has 2 heterocycles. The van der Waals surface area contributed by atoms with Gasteiger partial charge in [0, 0.05) is 23.8 Å². The van der Waals surface area contributed by atoms with Gasteiger partial charge in [0.15, 0.2) is 11.4 Å². The minimum Gasteiger partial charge on any atom is -0.358 e. The van der Waals surface area contributed by atoms with Gasteiger partial charge in [0.05, 0.1) is 11.3 Å². The molecule has 1 N–H and O–H groups in total. The minimum atomic E-state index is 1.08. The number of H-pyrrole nitrogens is 1. The van der Waals surface area contributed by atoms with E-state index in [1.807, 2.05) is 10.6 Å². The van der Waals surface area contributed by atoms with Gasteiger partial charge in [-0.15, -0.1) is 0 Å². The molecule has 2 aliphatic rings. The highest BCUT2D eigenvalue weighted by molar-refractivity contribution is 6.09. The summed E-state index contributed by atoms with van der Waals surface area (Å²) in [5, 5.41) is 0.